The molecule has 0 radical (unpaired) electrons. The molecule has 0 atom stereocenters. The van der Waals surface area contributed by atoms with Gasteiger partial charge in [0.15, 0.2) is 12.2 Å². The second kappa shape index (κ2) is 6.72. The minimum Gasteiger partial charge on any atom is -0.438 e. The third-order valence-electron chi connectivity index (χ3n) is 4.73. The molecule has 1 aliphatic rings. The highest BCUT2D eigenvalue weighted by Crippen LogP contribution is 2.37. The fraction of sp³-hybridized carbons (Fsp3) is 0.625. The average Bonchev–Trinajstić information content (AvgIpc) is 3.21. The summed E-state index contributed by atoms with van der Waals surface area (Å²) in [6, 6.07) is 0. The summed E-state index contributed by atoms with van der Waals surface area (Å²) in [4.78, 5) is 22.8. The number of hydrogen-bond acceptors (Lipinski definition) is 7. The second-order valence-corrected chi connectivity index (χ2v) is 6.22. The zero-order valence-corrected chi connectivity index (χ0v) is 14.2. The number of aryl methyl sites for hydroxylation is 2. The summed E-state index contributed by atoms with van der Waals surface area (Å²) in [6.07, 6.45) is 3.62. The van der Waals surface area contributed by atoms with Crippen molar-refractivity contribution < 1.29 is 18.5 Å². The topological polar surface area (TPSA) is 94.5 Å². The van der Waals surface area contributed by atoms with Gasteiger partial charge in [-0.3, -0.25) is 4.79 Å². The number of hydrogen-bond donors (Lipinski definition) is 0. The number of aromatic nitrogens is 3. The van der Waals surface area contributed by atoms with Gasteiger partial charge in [0.1, 0.15) is 0 Å². The number of likely N-dealkylation sites (tertiary alicyclic amines) is 1. The van der Waals surface area contributed by atoms with Gasteiger partial charge in [-0.25, -0.2) is 4.98 Å². The van der Waals surface area contributed by atoms with E-state index in [0.29, 0.717) is 42.9 Å². The molecule has 0 spiro atoms. The van der Waals surface area contributed by atoms with Crippen molar-refractivity contribution in [2.45, 2.75) is 38.5 Å². The molecule has 3 rings (SSSR count). The minimum absolute atomic E-state index is 0.116. The van der Waals surface area contributed by atoms with Crippen LogP contribution in [-0.2, 0) is 10.2 Å². The fourth-order valence-electron chi connectivity index (χ4n) is 3.19. The number of carbonyl (C=O) groups is 1. The molecular formula is C16H22N4O4. The molecule has 8 heteroatoms. The Bertz CT molecular complexity index is 701. The van der Waals surface area contributed by atoms with Crippen LogP contribution in [0, 0.1) is 13.8 Å². The van der Waals surface area contributed by atoms with Gasteiger partial charge in [-0.1, -0.05) is 5.16 Å². The van der Waals surface area contributed by atoms with Gasteiger partial charge in [-0.2, -0.15) is 4.98 Å². The number of methoxy groups -OCH3 is 1. The molecular weight excluding hydrogens is 312 g/mol. The predicted molar refractivity (Wildman–Crippen MR) is 83.6 cm³/mol. The zero-order chi connectivity index (χ0) is 17.2. The molecule has 0 saturated carbocycles. The molecule has 2 aromatic heterocycles. The Labute approximate surface area is 140 Å². The molecule has 1 fully saturated rings. The highest BCUT2D eigenvalue weighted by molar-refractivity contribution is 5.92. The lowest BCUT2D eigenvalue weighted by molar-refractivity contribution is 0.0586. The Morgan fingerprint density at radius 1 is 1.38 bits per heavy atom. The molecule has 1 amide bonds. The largest absolute Gasteiger partial charge is 0.438 e. The first-order valence-electron chi connectivity index (χ1n) is 8.05. The first-order chi connectivity index (χ1) is 11.6. The third kappa shape index (κ3) is 3.06. The van der Waals surface area contributed by atoms with Gasteiger partial charge in [0.2, 0.25) is 11.7 Å². The highest BCUT2D eigenvalue weighted by atomic mass is 16.5. The lowest BCUT2D eigenvalue weighted by atomic mass is 9.75. The molecule has 3 heterocycles. The van der Waals surface area contributed by atoms with E-state index in [1.54, 1.807) is 25.9 Å². The number of nitrogens with zero attached hydrogens (tertiary/aromatic N) is 4. The van der Waals surface area contributed by atoms with E-state index in [1.165, 1.54) is 6.39 Å². The highest BCUT2D eigenvalue weighted by Gasteiger charge is 2.41. The Balaban J connectivity index is 1.74. The van der Waals surface area contributed by atoms with E-state index in [1.807, 2.05) is 0 Å². The maximum Gasteiger partial charge on any atom is 0.291 e. The molecule has 2 aromatic rings. The van der Waals surface area contributed by atoms with Crippen LogP contribution in [0.25, 0.3) is 0 Å². The summed E-state index contributed by atoms with van der Waals surface area (Å²) in [6.45, 7) is 5.38. The van der Waals surface area contributed by atoms with Gasteiger partial charge in [0.25, 0.3) is 5.91 Å². The number of ether oxygens (including phenoxy) is 1. The first-order valence-corrected chi connectivity index (χ1v) is 8.05. The van der Waals surface area contributed by atoms with Gasteiger partial charge in [0, 0.05) is 39.1 Å². The summed E-state index contributed by atoms with van der Waals surface area (Å²) < 4.78 is 15.6. The molecule has 24 heavy (non-hydrogen) atoms. The molecule has 0 N–H and O–H groups in total. The van der Waals surface area contributed by atoms with Crippen LogP contribution in [0.4, 0.5) is 0 Å². The van der Waals surface area contributed by atoms with Crippen molar-refractivity contribution in [3.05, 3.63) is 29.6 Å². The lowest BCUT2D eigenvalue weighted by Gasteiger charge is -2.39. The van der Waals surface area contributed by atoms with Crippen LogP contribution in [-0.4, -0.2) is 52.7 Å². The van der Waals surface area contributed by atoms with Gasteiger partial charge in [-0.05, 0) is 26.2 Å². The normalized spacial score (nSPS) is 17.2. The molecule has 1 saturated heterocycles. The number of amides is 1. The molecule has 0 unspecified atom stereocenters. The van der Waals surface area contributed by atoms with Crippen molar-refractivity contribution in [2.75, 3.05) is 26.8 Å². The van der Waals surface area contributed by atoms with Gasteiger partial charge in [0.05, 0.1) is 5.69 Å². The number of piperidine rings is 1. The number of rotatable bonds is 5. The fourth-order valence-corrected chi connectivity index (χ4v) is 3.19. The van der Waals surface area contributed by atoms with Gasteiger partial charge >= 0.3 is 0 Å². The average molecular weight is 334 g/mol. The maximum atomic E-state index is 12.6. The summed E-state index contributed by atoms with van der Waals surface area (Å²) in [5.41, 5.74) is 0.395. The van der Waals surface area contributed by atoms with Crippen LogP contribution in [0.3, 0.4) is 0 Å². The van der Waals surface area contributed by atoms with Crippen molar-refractivity contribution in [3.8, 4) is 0 Å². The minimum atomic E-state index is -0.221. The van der Waals surface area contributed by atoms with Gasteiger partial charge < -0.3 is 18.6 Å². The Morgan fingerprint density at radius 3 is 2.67 bits per heavy atom. The van der Waals surface area contributed by atoms with Crippen LogP contribution in [0.1, 0.15) is 47.2 Å². The summed E-state index contributed by atoms with van der Waals surface area (Å²) in [5, 5.41) is 4.12. The molecule has 8 nitrogen and oxygen atoms in total. The van der Waals surface area contributed by atoms with E-state index in [0.717, 1.165) is 19.3 Å². The SMILES string of the molecule is COCCC1(c2noc(C)n2)CCN(C(=O)c2ocnc2C)CC1. The molecule has 0 aliphatic carbocycles. The Kier molecular flexibility index (Phi) is 4.66. The maximum absolute atomic E-state index is 12.6. The molecule has 0 bridgehead atoms. The van der Waals surface area contributed by atoms with E-state index in [4.69, 9.17) is 13.7 Å². The standard InChI is InChI=1S/C16H22N4O4/c1-11-13(23-10-17-11)14(21)20-7-4-16(5-8-20,6-9-22-3)15-18-12(2)24-19-15/h10H,4-9H2,1-3H3. The molecule has 1 aliphatic heterocycles. The van der Waals surface area contributed by atoms with Crippen molar-refractivity contribution in [2.24, 2.45) is 0 Å². The first kappa shape index (κ1) is 16.6. The molecule has 130 valence electrons. The summed E-state index contributed by atoms with van der Waals surface area (Å²) >= 11 is 0. The van der Waals surface area contributed by atoms with E-state index in [2.05, 4.69) is 15.1 Å². The number of oxazole rings is 1. The quantitative estimate of drug-likeness (QED) is 0.824. The third-order valence-corrected chi connectivity index (χ3v) is 4.73. The van der Waals surface area contributed by atoms with Crippen molar-refractivity contribution >= 4 is 5.91 Å². The smallest absolute Gasteiger partial charge is 0.291 e. The van der Waals surface area contributed by atoms with Crippen LogP contribution < -0.4 is 0 Å². The van der Waals surface area contributed by atoms with Crippen LogP contribution >= 0.6 is 0 Å². The Morgan fingerprint density at radius 2 is 2.12 bits per heavy atom. The van der Waals surface area contributed by atoms with Crippen LogP contribution in [0.15, 0.2) is 15.3 Å². The van der Waals surface area contributed by atoms with Crippen molar-refractivity contribution in [1.29, 1.82) is 0 Å². The lowest BCUT2D eigenvalue weighted by Crippen LogP contribution is -2.46. The second-order valence-electron chi connectivity index (χ2n) is 6.22. The Hall–Kier alpha value is -2.22. The van der Waals surface area contributed by atoms with E-state index >= 15 is 0 Å². The monoisotopic (exact) mass is 334 g/mol. The van der Waals surface area contributed by atoms with Crippen LogP contribution in [0.2, 0.25) is 0 Å². The van der Waals surface area contributed by atoms with Gasteiger partial charge in [-0.15, -0.1) is 0 Å². The van der Waals surface area contributed by atoms with Crippen molar-refractivity contribution in [3.63, 3.8) is 0 Å². The van der Waals surface area contributed by atoms with E-state index in [-0.39, 0.29) is 11.3 Å². The molecule has 0 aromatic carbocycles. The summed E-state index contributed by atoms with van der Waals surface area (Å²) in [7, 11) is 1.68. The number of carbonyl (C=O) groups excluding carboxylic acids is 1. The summed E-state index contributed by atoms with van der Waals surface area (Å²) in [5.74, 6) is 1.46. The van der Waals surface area contributed by atoms with E-state index in [9.17, 15) is 4.79 Å². The predicted octanol–water partition coefficient (Wildman–Crippen LogP) is 1.88. The zero-order valence-electron chi connectivity index (χ0n) is 14.2. The van der Waals surface area contributed by atoms with Crippen LogP contribution in [0.5, 0.6) is 0 Å². The van der Waals surface area contributed by atoms with E-state index < -0.39 is 0 Å². The van der Waals surface area contributed by atoms with Crippen molar-refractivity contribution in [1.82, 2.24) is 20.0 Å².